The highest BCUT2D eigenvalue weighted by molar-refractivity contribution is 6.37. The predicted molar refractivity (Wildman–Crippen MR) is 124 cm³/mol. The van der Waals surface area contributed by atoms with Crippen LogP contribution in [0.5, 0.6) is 0 Å². The molecule has 34 heavy (non-hydrogen) atoms. The lowest BCUT2D eigenvalue weighted by atomic mass is 10.3. The van der Waals surface area contributed by atoms with Gasteiger partial charge in [-0.3, -0.25) is 19.2 Å². The van der Waals surface area contributed by atoms with Crippen LogP contribution >= 0.6 is 23.2 Å². The van der Waals surface area contributed by atoms with Gasteiger partial charge in [0.15, 0.2) is 17.2 Å². The lowest BCUT2D eigenvalue weighted by Crippen LogP contribution is -2.14. The van der Waals surface area contributed by atoms with Gasteiger partial charge in [0.1, 0.15) is 17.2 Å². The van der Waals surface area contributed by atoms with Crippen molar-refractivity contribution in [2.24, 2.45) is 5.73 Å². The van der Waals surface area contributed by atoms with Crippen LogP contribution in [0, 0.1) is 12.7 Å². The number of carbonyl (C=O) groups excluding carboxylic acids is 1. The standard InChI is InChI=1S/C21H14Cl2FN9O/c1-10-6-26-8-17-29-30-21(33(10)17)15-3-2-12(7-27-15)28-16-9-32(31-18(16)20(25)34)19-13(22)4-11(24)5-14(19)23/h2-9,28H,1H3,(H2,25,34). The fourth-order valence-corrected chi connectivity index (χ4v) is 4.07. The number of rotatable bonds is 5. The molecule has 0 saturated heterocycles. The minimum Gasteiger partial charge on any atom is -0.364 e. The largest absolute Gasteiger partial charge is 0.364 e. The van der Waals surface area contributed by atoms with Gasteiger partial charge < -0.3 is 11.1 Å². The van der Waals surface area contributed by atoms with E-state index in [1.165, 1.54) is 10.9 Å². The number of pyridine rings is 1. The summed E-state index contributed by atoms with van der Waals surface area (Å²) in [5, 5.41) is 15.6. The number of benzene rings is 1. The SMILES string of the molecule is Cc1cncc2nnc(-c3ccc(Nc4cn(-c5c(Cl)cc(F)cc5Cl)nc4C(N)=O)cn3)n12. The van der Waals surface area contributed by atoms with Gasteiger partial charge in [0.25, 0.3) is 5.91 Å². The number of carbonyl (C=O) groups is 1. The van der Waals surface area contributed by atoms with E-state index < -0.39 is 11.7 Å². The maximum Gasteiger partial charge on any atom is 0.271 e. The third-order valence-electron chi connectivity index (χ3n) is 4.92. The molecule has 0 bridgehead atoms. The topological polar surface area (TPSA) is 129 Å². The Morgan fingerprint density at radius 3 is 2.56 bits per heavy atom. The monoisotopic (exact) mass is 497 g/mol. The van der Waals surface area contributed by atoms with E-state index in [2.05, 4.69) is 30.6 Å². The third-order valence-corrected chi connectivity index (χ3v) is 5.50. The molecule has 1 amide bonds. The normalized spacial score (nSPS) is 11.2. The van der Waals surface area contributed by atoms with Crippen molar-refractivity contribution in [3.8, 4) is 17.2 Å². The molecule has 4 aromatic heterocycles. The number of hydrogen-bond donors (Lipinski definition) is 2. The Morgan fingerprint density at radius 2 is 1.88 bits per heavy atom. The number of hydrogen-bond acceptors (Lipinski definition) is 7. The molecule has 4 heterocycles. The highest BCUT2D eigenvalue weighted by Crippen LogP contribution is 2.31. The van der Waals surface area contributed by atoms with E-state index >= 15 is 0 Å². The number of nitrogens with zero attached hydrogens (tertiary/aromatic N) is 7. The van der Waals surface area contributed by atoms with Crippen molar-refractivity contribution in [1.29, 1.82) is 0 Å². The molecule has 5 rings (SSSR count). The first kappa shape index (κ1) is 21.7. The molecule has 0 aliphatic rings. The molecule has 0 saturated carbocycles. The maximum absolute atomic E-state index is 13.6. The first-order valence-corrected chi connectivity index (χ1v) is 10.5. The first-order valence-electron chi connectivity index (χ1n) is 9.75. The zero-order valence-electron chi connectivity index (χ0n) is 17.4. The van der Waals surface area contributed by atoms with Gasteiger partial charge >= 0.3 is 0 Å². The van der Waals surface area contributed by atoms with Crippen LogP contribution in [0.25, 0.3) is 22.9 Å². The molecule has 0 aliphatic heterocycles. The summed E-state index contributed by atoms with van der Waals surface area (Å²) in [4.78, 5) is 20.5. The highest BCUT2D eigenvalue weighted by atomic mass is 35.5. The Labute approximate surface area is 201 Å². The molecule has 5 aromatic rings. The number of aromatic nitrogens is 7. The molecule has 0 fully saturated rings. The summed E-state index contributed by atoms with van der Waals surface area (Å²) in [7, 11) is 0. The fourth-order valence-electron chi connectivity index (χ4n) is 3.43. The van der Waals surface area contributed by atoms with Gasteiger partial charge in [0.05, 0.1) is 40.0 Å². The highest BCUT2D eigenvalue weighted by Gasteiger charge is 2.19. The van der Waals surface area contributed by atoms with E-state index in [1.807, 2.05) is 11.3 Å². The average molecular weight is 498 g/mol. The first-order chi connectivity index (χ1) is 16.3. The van der Waals surface area contributed by atoms with Crippen molar-refractivity contribution in [2.75, 3.05) is 5.32 Å². The van der Waals surface area contributed by atoms with E-state index in [9.17, 15) is 9.18 Å². The number of fused-ring (bicyclic) bond motifs is 1. The Hall–Kier alpha value is -4.09. The summed E-state index contributed by atoms with van der Waals surface area (Å²) in [5.41, 5.74) is 8.53. The molecule has 0 radical (unpaired) electrons. The number of nitrogens with one attached hydrogen (secondary N) is 1. The zero-order chi connectivity index (χ0) is 24.0. The van der Waals surface area contributed by atoms with Crippen molar-refractivity contribution in [1.82, 2.24) is 34.3 Å². The number of amides is 1. The van der Waals surface area contributed by atoms with Gasteiger partial charge in [-0.1, -0.05) is 23.2 Å². The van der Waals surface area contributed by atoms with Crippen LogP contribution in [-0.2, 0) is 0 Å². The molecule has 1 aromatic carbocycles. The van der Waals surface area contributed by atoms with Crippen molar-refractivity contribution in [2.45, 2.75) is 6.92 Å². The van der Waals surface area contributed by atoms with Crippen molar-refractivity contribution in [3.05, 3.63) is 76.3 Å². The van der Waals surface area contributed by atoms with Crippen molar-refractivity contribution in [3.63, 3.8) is 0 Å². The summed E-state index contributed by atoms with van der Waals surface area (Å²) in [5.74, 6) is -0.815. The lowest BCUT2D eigenvalue weighted by molar-refractivity contribution is 0.0996. The van der Waals surface area contributed by atoms with Crippen LogP contribution in [0.3, 0.4) is 0 Å². The van der Waals surface area contributed by atoms with Crippen molar-refractivity contribution < 1.29 is 9.18 Å². The Morgan fingerprint density at radius 1 is 1.12 bits per heavy atom. The summed E-state index contributed by atoms with van der Waals surface area (Å²) in [6.45, 7) is 1.89. The molecule has 0 atom stereocenters. The second kappa shape index (κ2) is 8.36. The summed E-state index contributed by atoms with van der Waals surface area (Å²) in [6.07, 6.45) is 6.36. The molecule has 170 valence electrons. The molecule has 0 aliphatic carbocycles. The third kappa shape index (κ3) is 3.80. The quantitative estimate of drug-likeness (QED) is 0.375. The minimum atomic E-state index is -0.779. The van der Waals surface area contributed by atoms with Crippen LogP contribution in [0.15, 0.2) is 49.1 Å². The van der Waals surface area contributed by atoms with Crippen LogP contribution in [-0.4, -0.2) is 40.3 Å². The maximum atomic E-state index is 13.6. The summed E-state index contributed by atoms with van der Waals surface area (Å²) >= 11 is 12.3. The summed E-state index contributed by atoms with van der Waals surface area (Å²) in [6, 6.07) is 5.69. The molecular formula is C21H14Cl2FN9O. The van der Waals surface area contributed by atoms with Gasteiger partial charge in [0, 0.05) is 11.9 Å². The Bertz CT molecular complexity index is 1540. The van der Waals surface area contributed by atoms with Gasteiger partial charge in [-0.2, -0.15) is 5.10 Å². The van der Waals surface area contributed by atoms with E-state index in [0.29, 0.717) is 22.9 Å². The number of aryl methyl sites for hydroxylation is 1. The molecule has 0 spiro atoms. The Kier molecular flexibility index (Phi) is 5.34. The van der Waals surface area contributed by atoms with E-state index in [0.717, 1.165) is 17.8 Å². The predicted octanol–water partition coefficient (Wildman–Crippen LogP) is 3.97. The van der Waals surface area contributed by atoms with E-state index in [1.54, 1.807) is 30.7 Å². The molecule has 3 N–H and O–H groups in total. The van der Waals surface area contributed by atoms with E-state index in [-0.39, 0.29) is 27.1 Å². The van der Waals surface area contributed by atoms with Gasteiger partial charge in [0.2, 0.25) is 0 Å². The summed E-state index contributed by atoms with van der Waals surface area (Å²) < 4.78 is 16.7. The van der Waals surface area contributed by atoms with E-state index in [4.69, 9.17) is 28.9 Å². The van der Waals surface area contributed by atoms with Gasteiger partial charge in [-0.15, -0.1) is 10.2 Å². The molecule has 0 unspecified atom stereocenters. The number of halogens is 3. The van der Waals surface area contributed by atoms with Crippen LogP contribution < -0.4 is 11.1 Å². The fraction of sp³-hybridized carbons (Fsp3) is 0.0476. The second-order valence-corrected chi connectivity index (χ2v) is 8.06. The van der Waals surface area contributed by atoms with Crippen LogP contribution in [0.4, 0.5) is 15.8 Å². The van der Waals surface area contributed by atoms with Gasteiger partial charge in [-0.25, -0.2) is 9.07 Å². The van der Waals surface area contributed by atoms with Crippen LogP contribution in [0.1, 0.15) is 16.2 Å². The minimum absolute atomic E-state index is 0.0205. The smallest absolute Gasteiger partial charge is 0.271 e. The number of primary amides is 1. The number of anilines is 2. The second-order valence-electron chi connectivity index (χ2n) is 7.24. The molecule has 10 nitrogen and oxygen atoms in total. The van der Waals surface area contributed by atoms with Gasteiger partial charge in [-0.05, 0) is 31.2 Å². The molecule has 13 heteroatoms. The average Bonchev–Trinajstić information content (AvgIpc) is 3.39. The molecular weight excluding hydrogens is 484 g/mol. The van der Waals surface area contributed by atoms with Crippen molar-refractivity contribution >= 4 is 46.1 Å². The Balaban J connectivity index is 1.48. The lowest BCUT2D eigenvalue weighted by Gasteiger charge is -2.07. The zero-order valence-corrected chi connectivity index (χ0v) is 18.9. The number of nitrogens with two attached hydrogens (primary N) is 1. The van der Waals surface area contributed by atoms with Crippen LogP contribution in [0.2, 0.25) is 10.0 Å².